The van der Waals surface area contributed by atoms with Crippen molar-refractivity contribution in [2.75, 3.05) is 0 Å². The minimum atomic E-state index is -0.402. The van der Waals surface area contributed by atoms with E-state index in [2.05, 4.69) is 15.9 Å². The van der Waals surface area contributed by atoms with Gasteiger partial charge < -0.3 is 4.42 Å². The van der Waals surface area contributed by atoms with Gasteiger partial charge in [-0.15, -0.1) is 11.8 Å². The second-order valence-corrected chi connectivity index (χ2v) is 5.03. The lowest BCUT2D eigenvalue weighted by Gasteiger charge is -2.04. The standard InChI is InChI=1S/C12H7BrFNOS/c13-11-8(6-15)3-4-10(12(11)14)17-7-9-2-1-5-16-9/h1-5H,7H2. The highest BCUT2D eigenvalue weighted by Crippen LogP contribution is 2.31. The van der Waals surface area contributed by atoms with Gasteiger partial charge in [-0.05, 0) is 40.2 Å². The summed E-state index contributed by atoms with van der Waals surface area (Å²) < 4.78 is 19.2. The Bertz CT molecular complexity index is 563. The molecule has 0 saturated heterocycles. The summed E-state index contributed by atoms with van der Waals surface area (Å²) in [7, 11) is 0. The first-order valence-electron chi connectivity index (χ1n) is 4.75. The van der Waals surface area contributed by atoms with Crippen LogP contribution in [0, 0.1) is 17.1 Å². The van der Waals surface area contributed by atoms with Crippen molar-refractivity contribution in [2.45, 2.75) is 10.6 Å². The normalized spacial score (nSPS) is 10.2. The maximum Gasteiger partial charge on any atom is 0.152 e. The average molecular weight is 312 g/mol. The molecule has 17 heavy (non-hydrogen) atoms. The molecule has 2 nitrogen and oxygen atoms in total. The van der Waals surface area contributed by atoms with Gasteiger partial charge in [0.1, 0.15) is 11.8 Å². The zero-order valence-electron chi connectivity index (χ0n) is 8.61. The van der Waals surface area contributed by atoms with E-state index in [9.17, 15) is 4.39 Å². The third-order valence-corrected chi connectivity index (χ3v) is 3.95. The number of nitrogens with zero attached hydrogens (tertiary/aromatic N) is 1. The van der Waals surface area contributed by atoms with Crippen LogP contribution >= 0.6 is 27.7 Å². The largest absolute Gasteiger partial charge is 0.468 e. The first-order chi connectivity index (χ1) is 8.22. The molecule has 0 fully saturated rings. The van der Waals surface area contributed by atoms with Gasteiger partial charge in [0.2, 0.25) is 0 Å². The van der Waals surface area contributed by atoms with Gasteiger partial charge in [0, 0.05) is 4.90 Å². The van der Waals surface area contributed by atoms with E-state index in [0.717, 1.165) is 5.76 Å². The molecule has 1 aromatic carbocycles. The van der Waals surface area contributed by atoms with Crippen molar-refractivity contribution in [1.82, 2.24) is 0 Å². The second kappa shape index (κ2) is 5.39. The summed E-state index contributed by atoms with van der Waals surface area (Å²) in [4.78, 5) is 0.493. The Labute approximate surface area is 111 Å². The summed E-state index contributed by atoms with van der Waals surface area (Å²) in [6, 6.07) is 8.75. The van der Waals surface area contributed by atoms with E-state index in [1.807, 2.05) is 12.1 Å². The first kappa shape index (κ1) is 12.2. The van der Waals surface area contributed by atoms with Gasteiger partial charge in [-0.3, -0.25) is 0 Å². The van der Waals surface area contributed by atoms with Crippen LogP contribution in [0.15, 0.2) is 44.3 Å². The van der Waals surface area contributed by atoms with E-state index in [4.69, 9.17) is 9.68 Å². The number of nitriles is 1. The lowest BCUT2D eigenvalue weighted by atomic mass is 10.2. The highest BCUT2D eigenvalue weighted by atomic mass is 79.9. The molecular formula is C12H7BrFNOS. The van der Waals surface area contributed by atoms with Gasteiger partial charge >= 0.3 is 0 Å². The Kier molecular flexibility index (Phi) is 3.87. The molecule has 0 N–H and O–H groups in total. The zero-order valence-corrected chi connectivity index (χ0v) is 11.0. The molecule has 5 heteroatoms. The summed E-state index contributed by atoms with van der Waals surface area (Å²) in [6.07, 6.45) is 1.58. The summed E-state index contributed by atoms with van der Waals surface area (Å²) in [5.74, 6) is 0.943. The molecule has 0 radical (unpaired) electrons. The zero-order chi connectivity index (χ0) is 12.3. The number of benzene rings is 1. The highest BCUT2D eigenvalue weighted by molar-refractivity contribution is 9.10. The Balaban J connectivity index is 2.17. The molecule has 1 heterocycles. The summed E-state index contributed by atoms with van der Waals surface area (Å²) in [6.45, 7) is 0. The van der Waals surface area contributed by atoms with Crippen molar-refractivity contribution >= 4 is 27.7 Å². The number of thioether (sulfide) groups is 1. The fourth-order valence-corrected chi connectivity index (χ4v) is 2.69. The van der Waals surface area contributed by atoms with Crippen LogP contribution in [0.4, 0.5) is 4.39 Å². The smallest absolute Gasteiger partial charge is 0.152 e. The predicted octanol–water partition coefficient (Wildman–Crippen LogP) is 4.35. The Morgan fingerprint density at radius 3 is 2.88 bits per heavy atom. The fourth-order valence-electron chi connectivity index (χ4n) is 1.27. The molecule has 2 rings (SSSR count). The van der Waals surface area contributed by atoms with Crippen LogP contribution in [0.25, 0.3) is 0 Å². The molecule has 0 spiro atoms. The van der Waals surface area contributed by atoms with Gasteiger partial charge in [0.15, 0.2) is 5.82 Å². The molecule has 0 aliphatic heterocycles. The van der Waals surface area contributed by atoms with E-state index in [1.165, 1.54) is 11.8 Å². The second-order valence-electron chi connectivity index (χ2n) is 3.22. The van der Waals surface area contributed by atoms with Crippen molar-refractivity contribution in [2.24, 2.45) is 0 Å². The lowest BCUT2D eigenvalue weighted by molar-refractivity contribution is 0.530. The van der Waals surface area contributed by atoms with E-state index < -0.39 is 5.82 Å². The quantitative estimate of drug-likeness (QED) is 0.791. The Morgan fingerprint density at radius 1 is 1.41 bits per heavy atom. The molecular weight excluding hydrogens is 305 g/mol. The third-order valence-electron chi connectivity index (χ3n) is 2.12. The van der Waals surface area contributed by atoms with Gasteiger partial charge in [0.05, 0.1) is 22.1 Å². The van der Waals surface area contributed by atoms with Gasteiger partial charge in [-0.2, -0.15) is 5.26 Å². The molecule has 0 aliphatic rings. The number of rotatable bonds is 3. The van der Waals surface area contributed by atoms with Crippen LogP contribution in [-0.2, 0) is 5.75 Å². The number of halogens is 2. The number of hydrogen-bond acceptors (Lipinski definition) is 3. The van der Waals surface area contributed by atoms with Crippen molar-refractivity contribution in [3.05, 3.63) is 52.1 Å². The summed E-state index contributed by atoms with van der Waals surface area (Å²) in [5, 5.41) is 8.75. The molecule has 0 atom stereocenters. The Hall–Kier alpha value is -1.25. The SMILES string of the molecule is N#Cc1ccc(SCc2ccco2)c(F)c1Br. The molecule has 1 aromatic heterocycles. The third kappa shape index (κ3) is 2.71. The predicted molar refractivity (Wildman–Crippen MR) is 67.1 cm³/mol. The van der Waals surface area contributed by atoms with Gasteiger partial charge in [-0.25, -0.2) is 4.39 Å². The van der Waals surface area contributed by atoms with Crippen LogP contribution in [0.5, 0.6) is 0 Å². The minimum Gasteiger partial charge on any atom is -0.468 e. The van der Waals surface area contributed by atoms with Crippen LogP contribution in [0.2, 0.25) is 0 Å². The first-order valence-corrected chi connectivity index (χ1v) is 6.53. The molecule has 0 aliphatic carbocycles. The topological polar surface area (TPSA) is 36.9 Å². The van der Waals surface area contributed by atoms with E-state index in [0.29, 0.717) is 16.2 Å². The highest BCUT2D eigenvalue weighted by Gasteiger charge is 2.11. The number of furan rings is 1. The van der Waals surface area contributed by atoms with Crippen molar-refractivity contribution < 1.29 is 8.81 Å². The monoisotopic (exact) mass is 311 g/mol. The van der Waals surface area contributed by atoms with Crippen LogP contribution in [0.3, 0.4) is 0 Å². The molecule has 0 unspecified atom stereocenters. The van der Waals surface area contributed by atoms with Crippen molar-refractivity contribution in [1.29, 1.82) is 5.26 Å². The minimum absolute atomic E-state index is 0.212. The van der Waals surface area contributed by atoms with E-state index in [-0.39, 0.29) is 4.47 Å². The van der Waals surface area contributed by atoms with Gasteiger partial charge in [-0.1, -0.05) is 0 Å². The summed E-state index contributed by atoms with van der Waals surface area (Å²) in [5.41, 5.74) is 0.296. The maximum atomic E-state index is 13.8. The maximum absolute atomic E-state index is 13.8. The average Bonchev–Trinajstić information content (AvgIpc) is 2.84. The van der Waals surface area contributed by atoms with E-state index >= 15 is 0 Å². The molecule has 0 bridgehead atoms. The lowest BCUT2D eigenvalue weighted by Crippen LogP contribution is -1.88. The summed E-state index contributed by atoms with van der Waals surface area (Å²) >= 11 is 4.41. The fraction of sp³-hybridized carbons (Fsp3) is 0.0833. The number of hydrogen-bond donors (Lipinski definition) is 0. The van der Waals surface area contributed by atoms with Crippen molar-refractivity contribution in [3.63, 3.8) is 0 Å². The molecule has 2 aromatic rings. The van der Waals surface area contributed by atoms with Crippen molar-refractivity contribution in [3.8, 4) is 6.07 Å². The molecule has 0 amide bonds. The van der Waals surface area contributed by atoms with Crippen LogP contribution < -0.4 is 0 Å². The van der Waals surface area contributed by atoms with Gasteiger partial charge in [0.25, 0.3) is 0 Å². The molecule has 0 saturated carbocycles. The van der Waals surface area contributed by atoms with Crippen LogP contribution in [0.1, 0.15) is 11.3 Å². The van der Waals surface area contributed by atoms with E-state index in [1.54, 1.807) is 24.5 Å². The molecule has 86 valence electrons. The Morgan fingerprint density at radius 2 is 2.24 bits per heavy atom. The van der Waals surface area contributed by atoms with Crippen LogP contribution in [-0.4, -0.2) is 0 Å².